The van der Waals surface area contributed by atoms with E-state index in [1.165, 1.54) is 37.0 Å². The van der Waals surface area contributed by atoms with E-state index in [9.17, 15) is 19.3 Å². The highest BCUT2D eigenvalue weighted by Gasteiger charge is 2.22. The largest absolute Gasteiger partial charge is 0.497 e. The van der Waals surface area contributed by atoms with Crippen molar-refractivity contribution in [1.82, 2.24) is 20.0 Å². The molecule has 0 atom stereocenters. The van der Waals surface area contributed by atoms with Crippen molar-refractivity contribution >= 4 is 35.7 Å². The van der Waals surface area contributed by atoms with Crippen LogP contribution in [0.3, 0.4) is 0 Å². The topological polar surface area (TPSA) is 126 Å². The molecule has 0 bridgehead atoms. The Labute approximate surface area is 228 Å². The maximum absolute atomic E-state index is 13.6. The maximum atomic E-state index is 13.6. The number of carbonyl (C=O) groups is 2. The lowest BCUT2D eigenvalue weighted by Gasteiger charge is -2.18. The van der Waals surface area contributed by atoms with Gasteiger partial charge in [-0.05, 0) is 65.3 Å². The summed E-state index contributed by atoms with van der Waals surface area (Å²) in [4.78, 5) is 50.7. The molecule has 4 rings (SSSR count). The third-order valence-electron chi connectivity index (χ3n) is 5.94. The van der Waals surface area contributed by atoms with Crippen molar-refractivity contribution in [1.29, 1.82) is 0 Å². The highest BCUT2D eigenvalue weighted by molar-refractivity contribution is 6.30. The number of imide groups is 1. The molecule has 1 aromatic heterocycles. The fraction of sp³-hybridized carbons (Fsp3) is 0.107. The first-order valence-corrected chi connectivity index (χ1v) is 12.1. The average Bonchev–Trinajstić information content (AvgIpc) is 3.30. The molecule has 0 saturated heterocycles. The quantitative estimate of drug-likeness (QED) is 0.170. The van der Waals surface area contributed by atoms with Gasteiger partial charge in [0.25, 0.3) is 11.5 Å². The molecular formula is C28H24ClN5O5. The number of hydrogen-bond donors (Lipinski definition) is 2. The monoisotopic (exact) mass is 545 g/mol. The van der Waals surface area contributed by atoms with Crippen molar-refractivity contribution in [3.05, 3.63) is 110 Å². The first kappa shape index (κ1) is 27.1. The van der Waals surface area contributed by atoms with E-state index in [1.807, 2.05) is 0 Å². The Morgan fingerprint density at radius 1 is 1.13 bits per heavy atom. The number of nitroso groups, excluding NO2 is 1. The van der Waals surface area contributed by atoms with Crippen molar-refractivity contribution in [3.63, 3.8) is 0 Å². The minimum absolute atomic E-state index is 0.00290. The molecule has 198 valence electrons. The number of halogens is 1. The highest BCUT2D eigenvalue weighted by Crippen LogP contribution is 2.25. The Balaban J connectivity index is 1.78. The van der Waals surface area contributed by atoms with Crippen LogP contribution in [0.4, 0.5) is 5.69 Å². The zero-order valence-electron chi connectivity index (χ0n) is 21.1. The minimum atomic E-state index is -0.633. The van der Waals surface area contributed by atoms with Crippen molar-refractivity contribution in [2.45, 2.75) is 6.54 Å². The van der Waals surface area contributed by atoms with Gasteiger partial charge in [0.2, 0.25) is 6.41 Å². The summed E-state index contributed by atoms with van der Waals surface area (Å²) < 4.78 is 6.51. The van der Waals surface area contributed by atoms with Crippen LogP contribution in [0.5, 0.6) is 5.75 Å². The van der Waals surface area contributed by atoms with Gasteiger partial charge < -0.3 is 10.1 Å². The third-order valence-corrected chi connectivity index (χ3v) is 6.19. The fourth-order valence-corrected chi connectivity index (χ4v) is 4.06. The molecule has 2 amide bonds. The van der Waals surface area contributed by atoms with Gasteiger partial charge in [0.15, 0.2) is 0 Å². The molecule has 39 heavy (non-hydrogen) atoms. The van der Waals surface area contributed by atoms with E-state index in [-0.39, 0.29) is 23.5 Å². The molecule has 1 heterocycles. The van der Waals surface area contributed by atoms with Crippen LogP contribution < -0.4 is 15.6 Å². The number of aromatic nitrogens is 2. The maximum Gasteiger partial charge on any atom is 0.279 e. The first-order valence-electron chi connectivity index (χ1n) is 11.7. The third kappa shape index (κ3) is 5.97. The molecule has 4 aromatic rings. The van der Waals surface area contributed by atoms with Gasteiger partial charge in [-0.15, -0.1) is 4.91 Å². The summed E-state index contributed by atoms with van der Waals surface area (Å²) in [5, 5.41) is 9.28. The number of rotatable bonds is 10. The highest BCUT2D eigenvalue weighted by atomic mass is 35.5. The number of nitrogens with zero attached hydrogens (tertiary/aromatic N) is 3. The average molecular weight is 546 g/mol. The van der Waals surface area contributed by atoms with Crippen LogP contribution in [0.2, 0.25) is 5.02 Å². The summed E-state index contributed by atoms with van der Waals surface area (Å²) in [5.41, 5.74) is 2.13. The number of H-pyrrole nitrogens is 1. The molecule has 0 unspecified atom stereocenters. The fourth-order valence-electron chi connectivity index (χ4n) is 3.93. The molecular weight excluding hydrogens is 522 g/mol. The van der Waals surface area contributed by atoms with E-state index < -0.39 is 11.5 Å². The van der Waals surface area contributed by atoms with Crippen LogP contribution in [0.25, 0.3) is 23.0 Å². The van der Waals surface area contributed by atoms with E-state index in [2.05, 4.69) is 15.6 Å². The number of amides is 2. The van der Waals surface area contributed by atoms with Gasteiger partial charge in [-0.2, -0.15) is 0 Å². The Kier molecular flexibility index (Phi) is 8.37. The Bertz CT molecular complexity index is 1590. The van der Waals surface area contributed by atoms with Crippen LogP contribution in [0.1, 0.15) is 11.1 Å². The number of likely N-dealkylation sites (N-methyl/N-ethyl adjacent to an activating group) is 1. The van der Waals surface area contributed by atoms with E-state index in [4.69, 9.17) is 16.3 Å². The zero-order valence-corrected chi connectivity index (χ0v) is 21.8. The number of carbonyl (C=O) groups excluding carboxylic acids is 2. The molecule has 0 fully saturated rings. The summed E-state index contributed by atoms with van der Waals surface area (Å²) in [6, 6.07) is 19.9. The minimum Gasteiger partial charge on any atom is -0.497 e. The predicted molar refractivity (Wildman–Crippen MR) is 149 cm³/mol. The summed E-state index contributed by atoms with van der Waals surface area (Å²) in [7, 11) is 3.05. The van der Waals surface area contributed by atoms with Crippen molar-refractivity contribution in [3.8, 4) is 22.7 Å². The van der Waals surface area contributed by atoms with Crippen LogP contribution in [0.15, 0.2) is 88.5 Å². The van der Waals surface area contributed by atoms with Gasteiger partial charge in [-0.3, -0.25) is 24.4 Å². The molecule has 3 aromatic carbocycles. The summed E-state index contributed by atoms with van der Waals surface area (Å²) in [5.74, 6) is -0.0430. The molecule has 0 aliphatic carbocycles. The molecule has 10 nitrogen and oxygen atoms in total. The number of methoxy groups -OCH3 is 1. The molecule has 0 radical (unpaired) electrons. The van der Waals surface area contributed by atoms with E-state index in [0.717, 1.165) is 4.90 Å². The van der Waals surface area contributed by atoms with Gasteiger partial charge in [0, 0.05) is 17.6 Å². The van der Waals surface area contributed by atoms with Crippen molar-refractivity contribution in [2.24, 2.45) is 5.18 Å². The smallest absolute Gasteiger partial charge is 0.279 e. The lowest BCUT2D eigenvalue weighted by Crippen LogP contribution is -2.34. The normalized spacial score (nSPS) is 11.1. The van der Waals surface area contributed by atoms with Crippen LogP contribution in [-0.4, -0.2) is 41.2 Å². The lowest BCUT2D eigenvalue weighted by atomic mass is 10.1. The molecule has 0 saturated carbocycles. The number of nitrogens with one attached hydrogen (secondary N) is 2. The van der Waals surface area contributed by atoms with Gasteiger partial charge >= 0.3 is 0 Å². The van der Waals surface area contributed by atoms with E-state index >= 15 is 0 Å². The standard InChI is InChI=1S/C28H24ClN5O5/c1-30-25(28(37)33(17-35)16-18-4-3-5-23(14-18)39-2)15-24-26(19-6-8-20(29)9-7-19)31-34(27(24)36)22-12-10-21(32-38)11-13-22/h3-15,17,30-31H,16H2,1-2H3/b25-15-. The molecule has 11 heteroatoms. The van der Waals surface area contributed by atoms with Crippen LogP contribution in [0, 0.1) is 4.91 Å². The second-order valence-electron chi connectivity index (χ2n) is 8.35. The van der Waals surface area contributed by atoms with Gasteiger partial charge in [0.1, 0.15) is 17.1 Å². The molecule has 0 spiro atoms. The summed E-state index contributed by atoms with van der Waals surface area (Å²) >= 11 is 6.06. The van der Waals surface area contributed by atoms with Crippen LogP contribution in [-0.2, 0) is 16.1 Å². The SMILES string of the molecule is CN/C(=C\c1c(-c2ccc(Cl)cc2)[nH]n(-c2ccc(N=O)cc2)c1=O)C(=O)N(C=O)Cc1cccc(OC)c1. The lowest BCUT2D eigenvalue weighted by molar-refractivity contribution is -0.136. The number of aromatic amines is 1. The molecule has 0 aliphatic rings. The van der Waals surface area contributed by atoms with Gasteiger partial charge in [0.05, 0.1) is 30.6 Å². The second kappa shape index (κ2) is 12.1. The van der Waals surface area contributed by atoms with E-state index in [1.54, 1.807) is 60.7 Å². The number of ether oxygens (including phenoxy) is 1. The molecule has 0 aliphatic heterocycles. The van der Waals surface area contributed by atoms with Crippen LogP contribution >= 0.6 is 11.6 Å². The Morgan fingerprint density at radius 2 is 1.85 bits per heavy atom. The van der Waals surface area contributed by atoms with Gasteiger partial charge in [-0.25, -0.2) is 4.68 Å². The Hall–Kier alpha value is -4.96. The summed E-state index contributed by atoms with van der Waals surface area (Å²) in [6.45, 7) is -0.00290. The predicted octanol–water partition coefficient (Wildman–Crippen LogP) is 4.64. The first-order chi connectivity index (χ1) is 18.9. The second-order valence-corrected chi connectivity index (χ2v) is 8.79. The van der Waals surface area contributed by atoms with Crippen molar-refractivity contribution in [2.75, 3.05) is 14.2 Å². The van der Waals surface area contributed by atoms with Gasteiger partial charge in [-0.1, -0.05) is 35.9 Å². The number of hydrogen-bond acceptors (Lipinski definition) is 7. The van der Waals surface area contributed by atoms with E-state index in [0.29, 0.717) is 39.7 Å². The van der Waals surface area contributed by atoms with Crippen molar-refractivity contribution < 1.29 is 14.3 Å². The summed E-state index contributed by atoms with van der Waals surface area (Å²) in [6.07, 6.45) is 1.83. The number of benzene rings is 3. The molecule has 2 N–H and O–H groups in total. The zero-order chi connectivity index (χ0) is 27.9. The Morgan fingerprint density at radius 3 is 2.46 bits per heavy atom.